The molecular weight excluding hydrogens is 410 g/mol. The van der Waals surface area contributed by atoms with Crippen LogP contribution in [0, 0.1) is 11.3 Å². The lowest BCUT2D eigenvalue weighted by molar-refractivity contribution is 0.102. The molecule has 0 heterocycles. The van der Waals surface area contributed by atoms with Gasteiger partial charge in [-0.1, -0.05) is 41.9 Å². The molecule has 0 fully saturated rings. The van der Waals surface area contributed by atoms with Crippen molar-refractivity contribution in [2.24, 2.45) is 0 Å². The van der Waals surface area contributed by atoms with Gasteiger partial charge in [-0.25, -0.2) is 8.42 Å². The number of nitriles is 1. The number of anilines is 2. The van der Waals surface area contributed by atoms with E-state index in [1.165, 1.54) is 30.3 Å². The zero-order valence-electron chi connectivity index (χ0n) is 15.1. The van der Waals surface area contributed by atoms with E-state index < -0.39 is 15.9 Å². The van der Waals surface area contributed by atoms with Gasteiger partial charge in [0.1, 0.15) is 0 Å². The van der Waals surface area contributed by atoms with E-state index in [1.807, 2.05) is 0 Å². The fraction of sp³-hybridized carbons (Fsp3) is 0.0476. The molecule has 0 aromatic heterocycles. The molecule has 3 aromatic carbocycles. The number of hydrogen-bond acceptors (Lipinski definition) is 4. The van der Waals surface area contributed by atoms with E-state index in [0.29, 0.717) is 12.1 Å². The summed E-state index contributed by atoms with van der Waals surface area (Å²) < 4.78 is 27.2. The fourth-order valence-electron chi connectivity index (χ4n) is 2.57. The molecule has 6 nitrogen and oxygen atoms in total. The Morgan fingerprint density at radius 3 is 2.24 bits per heavy atom. The first-order valence-electron chi connectivity index (χ1n) is 8.54. The molecule has 0 bridgehead atoms. The van der Waals surface area contributed by atoms with Gasteiger partial charge in [-0.3, -0.25) is 9.52 Å². The standard InChI is InChI=1S/C21H16ClN3O3S/c22-20-14-17(25-29(27,28)18-4-2-1-3-5-18)10-11-19(20)21(26)24-16-8-6-15(7-9-16)12-13-23/h1-11,14,25H,12H2,(H,24,26). The smallest absolute Gasteiger partial charge is 0.261 e. The number of nitrogens with one attached hydrogen (secondary N) is 2. The molecule has 2 N–H and O–H groups in total. The Morgan fingerprint density at radius 1 is 0.966 bits per heavy atom. The maximum absolute atomic E-state index is 12.5. The molecule has 3 aromatic rings. The molecule has 29 heavy (non-hydrogen) atoms. The highest BCUT2D eigenvalue weighted by Crippen LogP contribution is 2.24. The van der Waals surface area contributed by atoms with Gasteiger partial charge in [-0.2, -0.15) is 5.26 Å². The summed E-state index contributed by atoms with van der Waals surface area (Å²) in [6.07, 6.45) is 0.292. The lowest BCUT2D eigenvalue weighted by Crippen LogP contribution is -2.14. The van der Waals surface area contributed by atoms with Gasteiger partial charge >= 0.3 is 0 Å². The zero-order chi connectivity index (χ0) is 20.9. The highest BCUT2D eigenvalue weighted by molar-refractivity contribution is 7.92. The van der Waals surface area contributed by atoms with Crippen LogP contribution in [0.3, 0.4) is 0 Å². The maximum Gasteiger partial charge on any atom is 0.261 e. The number of sulfonamides is 1. The van der Waals surface area contributed by atoms with Crippen molar-refractivity contribution in [1.29, 1.82) is 5.26 Å². The monoisotopic (exact) mass is 425 g/mol. The van der Waals surface area contributed by atoms with E-state index in [-0.39, 0.29) is 21.2 Å². The topological polar surface area (TPSA) is 99.1 Å². The second-order valence-electron chi connectivity index (χ2n) is 6.10. The lowest BCUT2D eigenvalue weighted by atomic mass is 10.1. The molecule has 0 radical (unpaired) electrons. The van der Waals surface area contributed by atoms with Crippen LogP contribution in [0.2, 0.25) is 5.02 Å². The minimum absolute atomic E-state index is 0.108. The van der Waals surface area contributed by atoms with E-state index in [2.05, 4.69) is 16.1 Å². The molecule has 0 saturated heterocycles. The van der Waals surface area contributed by atoms with Crippen molar-refractivity contribution in [1.82, 2.24) is 0 Å². The van der Waals surface area contributed by atoms with E-state index in [1.54, 1.807) is 42.5 Å². The third-order valence-electron chi connectivity index (χ3n) is 4.01. The van der Waals surface area contributed by atoms with E-state index in [9.17, 15) is 13.2 Å². The first kappa shape index (κ1) is 20.4. The third kappa shape index (κ3) is 5.13. The highest BCUT2D eigenvalue weighted by atomic mass is 35.5. The molecule has 146 valence electrons. The summed E-state index contributed by atoms with van der Waals surface area (Å²) in [7, 11) is -3.75. The molecule has 8 heteroatoms. The van der Waals surface area contributed by atoms with Gasteiger partial charge in [0, 0.05) is 5.69 Å². The number of nitrogens with zero attached hydrogens (tertiary/aromatic N) is 1. The summed E-state index contributed by atoms with van der Waals surface area (Å²) in [5.74, 6) is -0.430. The van der Waals surface area contributed by atoms with E-state index in [4.69, 9.17) is 16.9 Å². The molecule has 0 saturated carbocycles. The van der Waals surface area contributed by atoms with Gasteiger partial charge in [0.2, 0.25) is 0 Å². The highest BCUT2D eigenvalue weighted by Gasteiger charge is 2.16. The van der Waals surface area contributed by atoms with Crippen molar-refractivity contribution in [3.05, 3.63) is 88.9 Å². The van der Waals surface area contributed by atoms with Crippen molar-refractivity contribution in [3.8, 4) is 6.07 Å². The zero-order valence-corrected chi connectivity index (χ0v) is 16.7. The average molecular weight is 426 g/mol. The Labute approximate surface area is 173 Å². The molecular formula is C21H16ClN3O3S. The van der Waals surface area contributed by atoms with Crippen LogP contribution < -0.4 is 10.0 Å². The Bertz CT molecular complexity index is 1170. The molecule has 3 rings (SSSR count). The van der Waals surface area contributed by atoms with E-state index >= 15 is 0 Å². The minimum Gasteiger partial charge on any atom is -0.322 e. The first-order valence-corrected chi connectivity index (χ1v) is 10.4. The minimum atomic E-state index is -3.75. The van der Waals surface area contributed by atoms with Crippen molar-refractivity contribution >= 4 is 38.9 Å². The lowest BCUT2D eigenvalue weighted by Gasteiger charge is -2.11. The Hall–Kier alpha value is -3.34. The van der Waals surface area contributed by atoms with Gasteiger partial charge in [0.25, 0.3) is 15.9 Å². The molecule has 0 unspecified atom stereocenters. The number of amides is 1. The summed E-state index contributed by atoms with van der Waals surface area (Å²) in [4.78, 5) is 12.6. The number of carbonyl (C=O) groups is 1. The van der Waals surface area contributed by atoms with Crippen molar-refractivity contribution in [2.75, 3.05) is 10.0 Å². The summed E-state index contributed by atoms with van der Waals surface area (Å²) in [5.41, 5.74) is 1.85. The van der Waals surface area contributed by atoms with Gasteiger partial charge in [-0.05, 0) is 48.0 Å². The summed E-state index contributed by atoms with van der Waals surface area (Å²) in [6, 6.07) is 21.2. The maximum atomic E-state index is 12.5. The second-order valence-corrected chi connectivity index (χ2v) is 8.19. The summed E-state index contributed by atoms with van der Waals surface area (Å²) in [6.45, 7) is 0. The summed E-state index contributed by atoms with van der Waals surface area (Å²) in [5, 5.41) is 11.5. The molecule has 0 atom stereocenters. The van der Waals surface area contributed by atoms with Crippen molar-refractivity contribution < 1.29 is 13.2 Å². The Balaban J connectivity index is 1.73. The molecule has 1 amide bonds. The molecule has 0 aliphatic carbocycles. The number of hydrogen-bond donors (Lipinski definition) is 2. The van der Waals surface area contributed by atoms with Gasteiger partial charge in [-0.15, -0.1) is 0 Å². The molecule has 0 aliphatic heterocycles. The largest absolute Gasteiger partial charge is 0.322 e. The second kappa shape index (κ2) is 8.78. The predicted octanol–water partition coefficient (Wildman–Crippen LogP) is 4.46. The average Bonchev–Trinajstić information content (AvgIpc) is 2.70. The Kier molecular flexibility index (Phi) is 6.17. The van der Waals surface area contributed by atoms with Crippen LogP contribution in [0.25, 0.3) is 0 Å². The number of carbonyl (C=O) groups excluding carboxylic acids is 1. The Morgan fingerprint density at radius 2 is 1.62 bits per heavy atom. The third-order valence-corrected chi connectivity index (χ3v) is 5.72. The number of benzene rings is 3. The predicted molar refractivity (Wildman–Crippen MR) is 112 cm³/mol. The van der Waals surface area contributed by atoms with Crippen molar-refractivity contribution in [2.45, 2.75) is 11.3 Å². The molecule has 0 aliphatic rings. The van der Waals surface area contributed by atoms with Crippen LogP contribution in [-0.2, 0) is 16.4 Å². The van der Waals surface area contributed by atoms with Gasteiger partial charge < -0.3 is 5.32 Å². The fourth-order valence-corrected chi connectivity index (χ4v) is 3.91. The van der Waals surface area contributed by atoms with Crippen LogP contribution in [0.1, 0.15) is 15.9 Å². The van der Waals surface area contributed by atoms with Gasteiger partial charge in [0.05, 0.1) is 33.7 Å². The summed E-state index contributed by atoms with van der Waals surface area (Å²) >= 11 is 6.20. The van der Waals surface area contributed by atoms with Crippen LogP contribution in [0.4, 0.5) is 11.4 Å². The first-order chi connectivity index (χ1) is 13.9. The van der Waals surface area contributed by atoms with Crippen molar-refractivity contribution in [3.63, 3.8) is 0 Å². The molecule has 0 spiro atoms. The van der Waals surface area contributed by atoms with Crippen LogP contribution in [0.15, 0.2) is 77.7 Å². The quantitative estimate of drug-likeness (QED) is 0.609. The number of rotatable bonds is 6. The normalized spacial score (nSPS) is 10.8. The van der Waals surface area contributed by atoms with Crippen LogP contribution in [0.5, 0.6) is 0 Å². The van der Waals surface area contributed by atoms with Gasteiger partial charge in [0.15, 0.2) is 0 Å². The van der Waals surface area contributed by atoms with Crippen LogP contribution in [-0.4, -0.2) is 14.3 Å². The number of halogens is 1. The van der Waals surface area contributed by atoms with Crippen LogP contribution >= 0.6 is 11.6 Å². The van der Waals surface area contributed by atoms with E-state index in [0.717, 1.165) is 5.56 Å². The SMILES string of the molecule is N#CCc1ccc(NC(=O)c2ccc(NS(=O)(=O)c3ccccc3)cc2Cl)cc1.